The van der Waals surface area contributed by atoms with Crippen molar-refractivity contribution in [3.8, 4) is 0 Å². The Balaban J connectivity index is 1.85. The van der Waals surface area contributed by atoms with Gasteiger partial charge in [0.25, 0.3) is 0 Å². The molecule has 1 aromatic heterocycles. The molecule has 25 heavy (non-hydrogen) atoms. The van der Waals surface area contributed by atoms with Gasteiger partial charge in [-0.15, -0.1) is 11.3 Å². The quantitative estimate of drug-likeness (QED) is 0.782. The predicted molar refractivity (Wildman–Crippen MR) is 93.8 cm³/mol. The summed E-state index contributed by atoms with van der Waals surface area (Å²) in [6.45, 7) is 5.70. The number of aryl methyl sites for hydroxylation is 1. The highest BCUT2D eigenvalue weighted by molar-refractivity contribution is 7.16. The predicted octanol–water partition coefficient (Wildman–Crippen LogP) is 3.23. The van der Waals surface area contributed by atoms with Crippen LogP contribution in [0.15, 0.2) is 0 Å². The number of amides is 1. The number of carbonyl (C=O) groups excluding carboxylic acids is 2. The first-order valence-electron chi connectivity index (χ1n) is 8.65. The number of carbonyl (C=O) groups is 3. The molecule has 1 aromatic rings. The van der Waals surface area contributed by atoms with Crippen molar-refractivity contribution in [2.45, 2.75) is 40.0 Å². The molecule has 0 spiro atoms. The minimum atomic E-state index is -0.892. The lowest BCUT2D eigenvalue weighted by atomic mass is 9.79. The van der Waals surface area contributed by atoms with Gasteiger partial charge >= 0.3 is 11.9 Å². The van der Waals surface area contributed by atoms with Crippen molar-refractivity contribution in [1.82, 2.24) is 0 Å². The molecular formula is C18H23NO5S. The van der Waals surface area contributed by atoms with Crippen molar-refractivity contribution in [2.75, 3.05) is 11.9 Å². The molecule has 6 nitrogen and oxygen atoms in total. The van der Waals surface area contributed by atoms with Crippen LogP contribution in [0.4, 0.5) is 5.00 Å². The zero-order valence-electron chi connectivity index (χ0n) is 14.6. The van der Waals surface area contributed by atoms with E-state index < -0.39 is 23.8 Å². The van der Waals surface area contributed by atoms with Gasteiger partial charge in [0.2, 0.25) is 5.91 Å². The van der Waals surface area contributed by atoms with Crippen LogP contribution in [0.2, 0.25) is 0 Å². The fourth-order valence-electron chi connectivity index (χ4n) is 4.38. The highest BCUT2D eigenvalue weighted by atomic mass is 32.1. The van der Waals surface area contributed by atoms with Gasteiger partial charge in [0.05, 0.1) is 24.0 Å². The summed E-state index contributed by atoms with van der Waals surface area (Å²) in [5.41, 5.74) is 1.18. The van der Waals surface area contributed by atoms with Gasteiger partial charge in [0.15, 0.2) is 0 Å². The highest BCUT2D eigenvalue weighted by Crippen LogP contribution is 2.52. The van der Waals surface area contributed by atoms with Crippen molar-refractivity contribution in [3.05, 3.63) is 16.0 Å². The third-order valence-corrected chi connectivity index (χ3v) is 6.73. The average molecular weight is 365 g/mol. The van der Waals surface area contributed by atoms with Crippen LogP contribution in [0.25, 0.3) is 0 Å². The molecule has 1 heterocycles. The standard InChI is InChI=1S/C18H23NO5S/c1-4-24-18(23)12-8(2)9(3)25-16(12)19-15(20)13-10-5-6-11(7-10)14(13)17(21)22/h10-11,13-14H,4-7H2,1-3H3,(H,19,20)(H,21,22)/t10-,11+,13+,14+/m1/s1. The van der Waals surface area contributed by atoms with Gasteiger partial charge in [-0.1, -0.05) is 0 Å². The molecular weight excluding hydrogens is 342 g/mol. The third-order valence-electron chi connectivity index (χ3n) is 5.61. The van der Waals surface area contributed by atoms with E-state index in [0.717, 1.165) is 29.7 Å². The average Bonchev–Trinajstić information content (AvgIpc) is 3.21. The summed E-state index contributed by atoms with van der Waals surface area (Å²) in [5.74, 6) is -2.56. The smallest absolute Gasteiger partial charge is 0.341 e. The molecule has 2 N–H and O–H groups in total. The molecule has 0 aromatic carbocycles. The van der Waals surface area contributed by atoms with E-state index in [0.29, 0.717) is 10.6 Å². The minimum absolute atomic E-state index is 0.0922. The molecule has 0 radical (unpaired) electrons. The number of hydrogen-bond acceptors (Lipinski definition) is 5. The minimum Gasteiger partial charge on any atom is -0.481 e. The summed E-state index contributed by atoms with van der Waals surface area (Å²) < 4.78 is 5.10. The summed E-state index contributed by atoms with van der Waals surface area (Å²) in [7, 11) is 0. The van der Waals surface area contributed by atoms with Gasteiger partial charge < -0.3 is 15.2 Å². The maximum absolute atomic E-state index is 12.9. The van der Waals surface area contributed by atoms with E-state index in [1.165, 1.54) is 11.3 Å². The summed E-state index contributed by atoms with van der Waals surface area (Å²) >= 11 is 1.33. The number of thiophene rings is 1. The lowest BCUT2D eigenvalue weighted by Crippen LogP contribution is -2.38. The SMILES string of the molecule is CCOC(=O)c1c(NC(=O)[C@H]2[C@@H]3CC[C@@H](C3)[C@@H]2C(=O)O)sc(C)c1C. The summed E-state index contributed by atoms with van der Waals surface area (Å²) in [5, 5.41) is 12.8. The second kappa shape index (κ2) is 6.78. The van der Waals surface area contributed by atoms with E-state index in [9.17, 15) is 19.5 Å². The summed E-state index contributed by atoms with van der Waals surface area (Å²) in [6.07, 6.45) is 2.60. The van der Waals surface area contributed by atoms with Crippen LogP contribution in [0.3, 0.4) is 0 Å². The Bertz CT molecular complexity index is 725. The van der Waals surface area contributed by atoms with E-state index in [1.807, 2.05) is 13.8 Å². The van der Waals surface area contributed by atoms with E-state index in [4.69, 9.17) is 4.74 Å². The highest BCUT2D eigenvalue weighted by Gasteiger charge is 2.54. The summed E-state index contributed by atoms with van der Waals surface area (Å²) in [4.78, 5) is 37.7. The van der Waals surface area contributed by atoms with E-state index in [-0.39, 0.29) is 24.3 Å². The Morgan fingerprint density at radius 1 is 1.20 bits per heavy atom. The Labute approximate surface area is 150 Å². The van der Waals surface area contributed by atoms with Crippen molar-refractivity contribution in [2.24, 2.45) is 23.7 Å². The first-order valence-corrected chi connectivity index (χ1v) is 9.47. The topological polar surface area (TPSA) is 92.7 Å². The molecule has 3 rings (SSSR count). The Morgan fingerprint density at radius 3 is 2.44 bits per heavy atom. The molecule has 136 valence electrons. The number of fused-ring (bicyclic) bond motifs is 2. The van der Waals surface area contributed by atoms with Gasteiger partial charge in [-0.3, -0.25) is 9.59 Å². The maximum Gasteiger partial charge on any atom is 0.341 e. The van der Waals surface area contributed by atoms with E-state index in [2.05, 4.69) is 5.32 Å². The first-order chi connectivity index (χ1) is 11.8. The fourth-order valence-corrected chi connectivity index (χ4v) is 5.43. The number of esters is 1. The number of anilines is 1. The molecule has 2 aliphatic carbocycles. The van der Waals surface area contributed by atoms with Crippen LogP contribution in [0.1, 0.15) is 47.0 Å². The second-order valence-corrected chi connectivity index (χ2v) is 8.14. The molecule has 2 bridgehead atoms. The number of ether oxygens (including phenoxy) is 1. The molecule has 1 amide bonds. The maximum atomic E-state index is 12.9. The molecule has 2 fully saturated rings. The lowest BCUT2D eigenvalue weighted by molar-refractivity contribution is -0.148. The molecule has 0 saturated heterocycles. The van der Waals surface area contributed by atoms with Crippen molar-refractivity contribution in [3.63, 3.8) is 0 Å². The van der Waals surface area contributed by atoms with Crippen molar-refractivity contribution in [1.29, 1.82) is 0 Å². The van der Waals surface area contributed by atoms with Gasteiger partial charge in [0, 0.05) is 4.88 Å². The molecule has 0 unspecified atom stereocenters. The van der Waals surface area contributed by atoms with Crippen LogP contribution < -0.4 is 5.32 Å². The number of aliphatic carboxylic acids is 1. The first kappa shape index (κ1) is 17.9. The van der Waals surface area contributed by atoms with Crippen LogP contribution in [0.5, 0.6) is 0 Å². The Morgan fingerprint density at radius 2 is 1.84 bits per heavy atom. The summed E-state index contributed by atoms with van der Waals surface area (Å²) in [6, 6.07) is 0. The molecule has 7 heteroatoms. The third kappa shape index (κ3) is 3.05. The number of rotatable bonds is 5. The van der Waals surface area contributed by atoms with Gasteiger partial charge in [-0.2, -0.15) is 0 Å². The van der Waals surface area contributed by atoms with E-state index in [1.54, 1.807) is 6.92 Å². The number of carboxylic acids is 1. The zero-order chi connectivity index (χ0) is 18.3. The Hall–Kier alpha value is -1.89. The zero-order valence-corrected chi connectivity index (χ0v) is 15.4. The van der Waals surface area contributed by atoms with E-state index >= 15 is 0 Å². The number of carboxylic acid groups (broad SMARTS) is 1. The van der Waals surface area contributed by atoms with Gasteiger partial charge in [-0.05, 0) is 57.4 Å². The monoisotopic (exact) mass is 365 g/mol. The van der Waals surface area contributed by atoms with Gasteiger partial charge in [0.1, 0.15) is 5.00 Å². The molecule has 0 aliphatic heterocycles. The van der Waals surface area contributed by atoms with Crippen LogP contribution in [-0.4, -0.2) is 29.6 Å². The van der Waals surface area contributed by atoms with Gasteiger partial charge in [-0.25, -0.2) is 4.79 Å². The Kier molecular flexibility index (Phi) is 4.86. The number of nitrogens with one attached hydrogen (secondary N) is 1. The van der Waals surface area contributed by atoms with Crippen LogP contribution >= 0.6 is 11.3 Å². The van der Waals surface area contributed by atoms with Crippen LogP contribution in [0, 0.1) is 37.5 Å². The normalized spacial score (nSPS) is 27.3. The molecule has 2 saturated carbocycles. The molecule has 4 atom stereocenters. The largest absolute Gasteiger partial charge is 0.481 e. The fraction of sp³-hybridized carbons (Fsp3) is 0.611. The lowest BCUT2D eigenvalue weighted by Gasteiger charge is -2.26. The number of hydrogen-bond donors (Lipinski definition) is 2. The van der Waals surface area contributed by atoms with Crippen molar-refractivity contribution < 1.29 is 24.2 Å². The van der Waals surface area contributed by atoms with Crippen molar-refractivity contribution >= 4 is 34.2 Å². The second-order valence-electron chi connectivity index (χ2n) is 6.92. The van der Waals surface area contributed by atoms with Crippen LogP contribution in [-0.2, 0) is 14.3 Å². The molecule has 2 aliphatic rings.